The lowest BCUT2D eigenvalue weighted by Gasteiger charge is -2.23. The first kappa shape index (κ1) is 10.2. The van der Waals surface area contributed by atoms with Crippen LogP contribution in [0.4, 0.5) is 0 Å². The summed E-state index contributed by atoms with van der Waals surface area (Å²) in [7, 11) is 0. The third-order valence-corrected chi connectivity index (χ3v) is 2.82. The predicted octanol–water partition coefficient (Wildman–Crippen LogP) is 4.33. The molecule has 1 aromatic rings. The number of benzene rings is 1. The molecule has 0 spiro atoms. The van der Waals surface area contributed by atoms with Crippen molar-refractivity contribution < 1.29 is 0 Å². The maximum Gasteiger partial charge on any atom is -0.0126 e. The van der Waals surface area contributed by atoms with Crippen LogP contribution in [-0.4, -0.2) is 0 Å². The molecule has 0 saturated carbocycles. The Morgan fingerprint density at radius 3 is 2.40 bits per heavy atom. The van der Waals surface area contributed by atoms with Crippen molar-refractivity contribution in [3.8, 4) is 0 Å². The minimum absolute atomic E-state index is 0.216. The second-order valence-corrected chi connectivity index (χ2v) is 5.09. The Morgan fingerprint density at radius 2 is 1.80 bits per heavy atom. The second-order valence-electron chi connectivity index (χ2n) is 5.09. The third kappa shape index (κ3) is 2.04. The normalized spacial score (nSPS) is 15.5. The van der Waals surface area contributed by atoms with Gasteiger partial charge in [0.25, 0.3) is 0 Å². The molecule has 1 aliphatic rings. The molecule has 1 aliphatic carbocycles. The van der Waals surface area contributed by atoms with Gasteiger partial charge in [-0.1, -0.05) is 63.3 Å². The monoisotopic (exact) mass is 198 g/mol. The minimum atomic E-state index is 0.216. The van der Waals surface area contributed by atoms with Gasteiger partial charge in [0, 0.05) is 0 Å². The van der Waals surface area contributed by atoms with Crippen LogP contribution in [0, 0.1) is 0 Å². The molecule has 15 heavy (non-hydrogen) atoms. The molecule has 2 rings (SSSR count). The van der Waals surface area contributed by atoms with Gasteiger partial charge in [-0.3, -0.25) is 0 Å². The largest absolute Gasteiger partial charge is 0.0801 e. The summed E-state index contributed by atoms with van der Waals surface area (Å²) in [4.78, 5) is 0. The molecule has 0 unspecified atom stereocenters. The average molecular weight is 198 g/mol. The van der Waals surface area contributed by atoms with Crippen molar-refractivity contribution in [2.75, 3.05) is 0 Å². The van der Waals surface area contributed by atoms with Crippen LogP contribution in [0.5, 0.6) is 0 Å². The summed E-state index contributed by atoms with van der Waals surface area (Å²) in [5.41, 5.74) is 4.41. The van der Waals surface area contributed by atoms with Gasteiger partial charge in [0.1, 0.15) is 0 Å². The molecule has 0 fully saturated rings. The lowest BCUT2D eigenvalue weighted by Crippen LogP contribution is -2.13. The maximum atomic E-state index is 2.30. The van der Waals surface area contributed by atoms with Crippen molar-refractivity contribution in [1.82, 2.24) is 0 Å². The van der Waals surface area contributed by atoms with Crippen molar-refractivity contribution in [2.24, 2.45) is 0 Å². The molecule has 0 N–H and O–H groups in total. The standard InChI is InChI=1S/C15H18/c1-15(2,3)14-11-7-6-10-13(14)12-8-4-5-9-12/h4,6-11H,5H2,1-3H3. The van der Waals surface area contributed by atoms with Gasteiger partial charge in [-0.25, -0.2) is 0 Å². The van der Waals surface area contributed by atoms with Crippen LogP contribution in [0.2, 0.25) is 0 Å². The van der Waals surface area contributed by atoms with E-state index in [4.69, 9.17) is 0 Å². The van der Waals surface area contributed by atoms with Crippen LogP contribution in [0.25, 0.3) is 5.57 Å². The molecular weight excluding hydrogens is 180 g/mol. The molecule has 0 heteroatoms. The van der Waals surface area contributed by atoms with Gasteiger partial charge in [-0.15, -0.1) is 0 Å². The summed E-state index contributed by atoms with van der Waals surface area (Å²) in [6, 6.07) is 8.71. The highest BCUT2D eigenvalue weighted by Gasteiger charge is 2.18. The van der Waals surface area contributed by atoms with Gasteiger partial charge in [-0.05, 0) is 28.5 Å². The molecular formula is C15H18. The third-order valence-electron chi connectivity index (χ3n) is 2.82. The fourth-order valence-electron chi connectivity index (χ4n) is 2.05. The van der Waals surface area contributed by atoms with E-state index in [1.807, 2.05) is 0 Å². The second kappa shape index (κ2) is 3.69. The van der Waals surface area contributed by atoms with E-state index in [1.165, 1.54) is 16.7 Å². The van der Waals surface area contributed by atoms with Crippen molar-refractivity contribution >= 4 is 5.57 Å². The highest BCUT2D eigenvalue weighted by molar-refractivity contribution is 5.78. The van der Waals surface area contributed by atoms with Gasteiger partial charge in [-0.2, -0.15) is 0 Å². The van der Waals surface area contributed by atoms with Gasteiger partial charge < -0.3 is 0 Å². The number of rotatable bonds is 1. The van der Waals surface area contributed by atoms with E-state index in [-0.39, 0.29) is 5.41 Å². The van der Waals surface area contributed by atoms with Crippen LogP contribution in [0.1, 0.15) is 38.3 Å². The fraction of sp³-hybridized carbons (Fsp3) is 0.333. The molecule has 0 saturated heterocycles. The van der Waals surface area contributed by atoms with Gasteiger partial charge >= 0.3 is 0 Å². The zero-order valence-electron chi connectivity index (χ0n) is 9.75. The predicted molar refractivity (Wildman–Crippen MR) is 66.9 cm³/mol. The SMILES string of the molecule is CC(C)(C)c1ccccc1C1=CCC=C1. The summed E-state index contributed by atoms with van der Waals surface area (Å²) in [5, 5.41) is 0. The summed E-state index contributed by atoms with van der Waals surface area (Å²) in [6.45, 7) is 6.81. The summed E-state index contributed by atoms with van der Waals surface area (Å²) in [5.74, 6) is 0. The van der Waals surface area contributed by atoms with Crippen LogP contribution in [0.15, 0.2) is 42.5 Å². The Labute approximate surface area is 92.3 Å². The van der Waals surface area contributed by atoms with E-state index in [0.29, 0.717) is 0 Å². The lowest BCUT2D eigenvalue weighted by atomic mass is 9.82. The van der Waals surface area contributed by atoms with Gasteiger partial charge in [0.15, 0.2) is 0 Å². The highest BCUT2D eigenvalue weighted by Crippen LogP contribution is 2.32. The first-order chi connectivity index (χ1) is 7.09. The van der Waals surface area contributed by atoms with E-state index in [1.54, 1.807) is 0 Å². The summed E-state index contributed by atoms with van der Waals surface area (Å²) < 4.78 is 0. The molecule has 0 radical (unpaired) electrons. The average Bonchev–Trinajstić information content (AvgIpc) is 2.69. The zero-order chi connectivity index (χ0) is 10.9. The van der Waals surface area contributed by atoms with Crippen LogP contribution in [0.3, 0.4) is 0 Å². The maximum absolute atomic E-state index is 2.30. The Bertz CT molecular complexity index is 414. The molecule has 0 atom stereocenters. The van der Waals surface area contributed by atoms with Gasteiger partial charge in [0.05, 0.1) is 0 Å². The van der Waals surface area contributed by atoms with Crippen molar-refractivity contribution in [2.45, 2.75) is 32.6 Å². The first-order valence-electron chi connectivity index (χ1n) is 5.55. The quantitative estimate of drug-likeness (QED) is 0.630. The van der Waals surface area contributed by atoms with Crippen molar-refractivity contribution in [3.63, 3.8) is 0 Å². The van der Waals surface area contributed by atoms with E-state index in [9.17, 15) is 0 Å². The molecule has 0 aromatic heterocycles. The fourth-order valence-corrected chi connectivity index (χ4v) is 2.05. The van der Waals surface area contributed by atoms with E-state index in [0.717, 1.165) is 6.42 Å². The van der Waals surface area contributed by atoms with Crippen molar-refractivity contribution in [1.29, 1.82) is 0 Å². The summed E-state index contributed by atoms with van der Waals surface area (Å²) in [6.07, 6.45) is 7.82. The molecule has 0 bridgehead atoms. The topological polar surface area (TPSA) is 0 Å². The molecule has 0 heterocycles. The highest BCUT2D eigenvalue weighted by atomic mass is 14.2. The molecule has 0 nitrogen and oxygen atoms in total. The lowest BCUT2D eigenvalue weighted by molar-refractivity contribution is 0.589. The molecule has 0 amide bonds. The minimum Gasteiger partial charge on any atom is -0.0801 e. The van der Waals surface area contributed by atoms with E-state index in [2.05, 4.69) is 63.3 Å². The van der Waals surface area contributed by atoms with Gasteiger partial charge in [0.2, 0.25) is 0 Å². The molecule has 0 aliphatic heterocycles. The van der Waals surface area contributed by atoms with Crippen LogP contribution >= 0.6 is 0 Å². The Morgan fingerprint density at radius 1 is 1.07 bits per heavy atom. The molecule has 78 valence electrons. The number of allylic oxidation sites excluding steroid dienone is 4. The molecule has 1 aromatic carbocycles. The Kier molecular flexibility index (Phi) is 2.52. The van der Waals surface area contributed by atoms with E-state index < -0.39 is 0 Å². The zero-order valence-corrected chi connectivity index (χ0v) is 9.75. The van der Waals surface area contributed by atoms with E-state index >= 15 is 0 Å². The Balaban J connectivity index is 2.52. The van der Waals surface area contributed by atoms with Crippen molar-refractivity contribution in [3.05, 3.63) is 53.6 Å². The number of hydrogen-bond donors (Lipinski definition) is 0. The number of hydrogen-bond acceptors (Lipinski definition) is 0. The smallest absolute Gasteiger partial charge is 0.0126 e. The first-order valence-corrected chi connectivity index (χ1v) is 5.55. The van der Waals surface area contributed by atoms with Crippen LogP contribution in [-0.2, 0) is 5.41 Å². The van der Waals surface area contributed by atoms with Crippen LogP contribution < -0.4 is 0 Å². The Hall–Kier alpha value is -1.30. The summed E-state index contributed by atoms with van der Waals surface area (Å²) >= 11 is 0.